The summed E-state index contributed by atoms with van der Waals surface area (Å²) in [6.45, 7) is 2.01. The summed E-state index contributed by atoms with van der Waals surface area (Å²) in [5.74, 6) is 0. The van der Waals surface area contributed by atoms with Crippen molar-refractivity contribution in [1.82, 2.24) is 9.78 Å². The number of anilines is 1. The van der Waals surface area contributed by atoms with Crippen molar-refractivity contribution in [3.63, 3.8) is 0 Å². The Morgan fingerprint density at radius 3 is 2.56 bits per heavy atom. The van der Waals surface area contributed by atoms with Crippen molar-refractivity contribution in [2.24, 2.45) is 7.05 Å². The molecule has 1 unspecified atom stereocenters. The summed E-state index contributed by atoms with van der Waals surface area (Å²) in [6, 6.07) is 6.47. The first kappa shape index (κ1) is 12.1. The Hall–Kier alpha value is -2.37. The summed E-state index contributed by atoms with van der Waals surface area (Å²) < 4.78 is 1.74. The van der Waals surface area contributed by atoms with Crippen molar-refractivity contribution in [2.45, 2.75) is 13.0 Å². The molecule has 6 nitrogen and oxygen atoms in total. The number of aromatic nitrogens is 2. The maximum Gasteiger partial charge on any atom is 0.269 e. The molecule has 1 N–H and O–H groups in total. The van der Waals surface area contributed by atoms with Crippen molar-refractivity contribution in [2.75, 3.05) is 5.32 Å². The molecule has 0 amide bonds. The molecule has 6 heteroatoms. The molecular weight excluding hydrogens is 232 g/mol. The average Bonchev–Trinajstić information content (AvgIpc) is 2.76. The lowest BCUT2D eigenvalue weighted by Crippen LogP contribution is -2.05. The average molecular weight is 246 g/mol. The Bertz CT molecular complexity index is 547. The third-order valence-electron chi connectivity index (χ3n) is 2.69. The molecule has 0 radical (unpaired) electrons. The van der Waals surface area contributed by atoms with E-state index in [4.69, 9.17) is 0 Å². The van der Waals surface area contributed by atoms with Crippen LogP contribution in [0.15, 0.2) is 36.7 Å². The van der Waals surface area contributed by atoms with Crippen LogP contribution in [0, 0.1) is 10.1 Å². The molecule has 1 atom stereocenters. The molecule has 0 aliphatic heterocycles. The normalized spacial score (nSPS) is 12.1. The lowest BCUT2D eigenvalue weighted by atomic mass is 10.2. The molecule has 0 saturated carbocycles. The van der Waals surface area contributed by atoms with Gasteiger partial charge in [-0.25, -0.2) is 0 Å². The fraction of sp³-hybridized carbons (Fsp3) is 0.250. The molecule has 0 aliphatic carbocycles. The molecule has 2 aromatic rings. The minimum Gasteiger partial charge on any atom is -0.378 e. The summed E-state index contributed by atoms with van der Waals surface area (Å²) in [4.78, 5) is 10.1. The minimum absolute atomic E-state index is 0.0922. The van der Waals surface area contributed by atoms with Gasteiger partial charge in [-0.15, -0.1) is 0 Å². The Labute approximate surface area is 104 Å². The van der Waals surface area contributed by atoms with Crippen LogP contribution >= 0.6 is 0 Å². The van der Waals surface area contributed by atoms with Gasteiger partial charge in [-0.2, -0.15) is 5.10 Å². The van der Waals surface area contributed by atoms with Gasteiger partial charge in [0.1, 0.15) is 0 Å². The van der Waals surface area contributed by atoms with Crippen molar-refractivity contribution in [3.05, 3.63) is 52.3 Å². The van der Waals surface area contributed by atoms with Gasteiger partial charge in [-0.05, 0) is 19.1 Å². The maximum absolute atomic E-state index is 10.5. The molecule has 1 heterocycles. The number of hydrogen-bond acceptors (Lipinski definition) is 4. The second kappa shape index (κ2) is 4.87. The number of benzene rings is 1. The van der Waals surface area contributed by atoms with Gasteiger partial charge in [0.2, 0.25) is 0 Å². The molecule has 0 fully saturated rings. The molecular formula is C12H14N4O2. The lowest BCUT2D eigenvalue weighted by Gasteiger charge is -2.13. The van der Waals surface area contributed by atoms with Crippen LogP contribution in [0.25, 0.3) is 0 Å². The number of aryl methyl sites for hydroxylation is 1. The topological polar surface area (TPSA) is 73.0 Å². The molecule has 1 aromatic carbocycles. The summed E-state index contributed by atoms with van der Waals surface area (Å²) in [5.41, 5.74) is 2.00. The zero-order valence-corrected chi connectivity index (χ0v) is 10.2. The molecule has 94 valence electrons. The second-order valence-corrected chi connectivity index (χ2v) is 4.12. The standard InChI is InChI=1S/C12H14N4O2/c1-9(10-7-13-15(2)8-10)14-11-3-5-12(6-4-11)16(17)18/h3-9,14H,1-2H3. The molecule has 0 spiro atoms. The molecule has 0 aliphatic rings. The maximum atomic E-state index is 10.5. The van der Waals surface area contributed by atoms with Gasteiger partial charge in [0, 0.05) is 36.6 Å². The summed E-state index contributed by atoms with van der Waals surface area (Å²) in [7, 11) is 1.86. The Kier molecular flexibility index (Phi) is 3.27. The second-order valence-electron chi connectivity index (χ2n) is 4.12. The van der Waals surface area contributed by atoms with E-state index in [0.717, 1.165) is 11.3 Å². The highest BCUT2D eigenvalue weighted by molar-refractivity contribution is 5.49. The van der Waals surface area contributed by atoms with Gasteiger partial charge in [-0.1, -0.05) is 0 Å². The third kappa shape index (κ3) is 2.65. The summed E-state index contributed by atoms with van der Waals surface area (Å²) >= 11 is 0. The van der Waals surface area contributed by atoms with Gasteiger partial charge in [0.25, 0.3) is 5.69 Å². The van der Waals surface area contributed by atoms with E-state index in [-0.39, 0.29) is 11.7 Å². The van der Waals surface area contributed by atoms with E-state index in [1.54, 1.807) is 23.0 Å². The van der Waals surface area contributed by atoms with Gasteiger partial charge >= 0.3 is 0 Å². The number of hydrogen-bond donors (Lipinski definition) is 1. The van der Waals surface area contributed by atoms with Crippen LogP contribution in [-0.4, -0.2) is 14.7 Å². The van der Waals surface area contributed by atoms with E-state index in [9.17, 15) is 10.1 Å². The third-order valence-corrected chi connectivity index (χ3v) is 2.69. The Morgan fingerprint density at radius 1 is 1.39 bits per heavy atom. The SMILES string of the molecule is CC(Nc1ccc([N+](=O)[O-])cc1)c1cnn(C)c1. The monoisotopic (exact) mass is 246 g/mol. The van der Waals surface area contributed by atoms with E-state index in [2.05, 4.69) is 10.4 Å². The largest absolute Gasteiger partial charge is 0.378 e. The number of nitro groups is 1. The van der Waals surface area contributed by atoms with Crippen molar-refractivity contribution in [1.29, 1.82) is 0 Å². The van der Waals surface area contributed by atoms with Crippen LogP contribution in [0.1, 0.15) is 18.5 Å². The van der Waals surface area contributed by atoms with E-state index in [0.29, 0.717) is 0 Å². The highest BCUT2D eigenvalue weighted by Crippen LogP contribution is 2.21. The first-order valence-electron chi connectivity index (χ1n) is 5.56. The van der Waals surface area contributed by atoms with Gasteiger partial charge in [0.15, 0.2) is 0 Å². The molecule has 18 heavy (non-hydrogen) atoms. The van der Waals surface area contributed by atoms with E-state index >= 15 is 0 Å². The fourth-order valence-corrected chi connectivity index (χ4v) is 1.68. The van der Waals surface area contributed by atoms with Crippen LogP contribution in [0.2, 0.25) is 0 Å². The van der Waals surface area contributed by atoms with Crippen LogP contribution < -0.4 is 5.32 Å². The van der Waals surface area contributed by atoms with Crippen LogP contribution in [-0.2, 0) is 7.05 Å². The minimum atomic E-state index is -0.408. The van der Waals surface area contributed by atoms with E-state index in [1.807, 2.05) is 20.2 Å². The lowest BCUT2D eigenvalue weighted by molar-refractivity contribution is -0.384. The van der Waals surface area contributed by atoms with Crippen molar-refractivity contribution in [3.8, 4) is 0 Å². The number of nitro benzene ring substituents is 1. The highest BCUT2D eigenvalue weighted by atomic mass is 16.6. The van der Waals surface area contributed by atoms with Crippen LogP contribution in [0.5, 0.6) is 0 Å². The summed E-state index contributed by atoms with van der Waals surface area (Å²) in [6.07, 6.45) is 3.73. The van der Waals surface area contributed by atoms with Gasteiger partial charge in [-0.3, -0.25) is 14.8 Å². The zero-order chi connectivity index (χ0) is 13.1. The molecule has 1 aromatic heterocycles. The Morgan fingerprint density at radius 2 is 2.06 bits per heavy atom. The number of nitrogens with zero attached hydrogens (tertiary/aromatic N) is 3. The Balaban J connectivity index is 2.07. The molecule has 2 rings (SSSR count). The quantitative estimate of drug-likeness (QED) is 0.664. The van der Waals surface area contributed by atoms with E-state index < -0.39 is 4.92 Å². The van der Waals surface area contributed by atoms with Gasteiger partial charge < -0.3 is 5.32 Å². The molecule has 0 bridgehead atoms. The number of nitrogens with one attached hydrogen (secondary N) is 1. The van der Waals surface area contributed by atoms with Crippen molar-refractivity contribution >= 4 is 11.4 Å². The summed E-state index contributed by atoms with van der Waals surface area (Å²) in [5, 5.41) is 17.9. The van der Waals surface area contributed by atoms with Crippen LogP contribution in [0.4, 0.5) is 11.4 Å². The smallest absolute Gasteiger partial charge is 0.269 e. The first-order chi connectivity index (χ1) is 8.56. The van der Waals surface area contributed by atoms with E-state index in [1.165, 1.54) is 12.1 Å². The van der Waals surface area contributed by atoms with Crippen molar-refractivity contribution < 1.29 is 4.92 Å². The number of rotatable bonds is 4. The fourth-order valence-electron chi connectivity index (χ4n) is 1.68. The van der Waals surface area contributed by atoms with Gasteiger partial charge in [0.05, 0.1) is 17.2 Å². The predicted molar refractivity (Wildman–Crippen MR) is 68.3 cm³/mol. The zero-order valence-electron chi connectivity index (χ0n) is 10.2. The molecule has 0 saturated heterocycles. The van der Waals surface area contributed by atoms with Crippen LogP contribution in [0.3, 0.4) is 0 Å². The number of non-ortho nitro benzene ring substituents is 1. The first-order valence-corrected chi connectivity index (χ1v) is 5.56. The highest BCUT2D eigenvalue weighted by Gasteiger charge is 2.08. The predicted octanol–water partition coefficient (Wildman–Crippen LogP) is 2.50.